The lowest BCUT2D eigenvalue weighted by Crippen LogP contribution is -2.26. The van der Waals surface area contributed by atoms with Gasteiger partial charge in [0.05, 0.1) is 18.4 Å². The molecule has 142 valence electrons. The molecule has 2 aromatic heterocycles. The number of hydrogen-bond donors (Lipinski definition) is 2. The summed E-state index contributed by atoms with van der Waals surface area (Å²) in [5.41, 5.74) is 3.10. The van der Waals surface area contributed by atoms with Crippen molar-refractivity contribution in [3.8, 4) is 0 Å². The number of esters is 1. The molecule has 0 saturated carbocycles. The summed E-state index contributed by atoms with van der Waals surface area (Å²) in [4.78, 5) is 27.6. The van der Waals surface area contributed by atoms with Crippen LogP contribution in [0.1, 0.15) is 44.1 Å². The Morgan fingerprint density at radius 1 is 1.27 bits per heavy atom. The van der Waals surface area contributed by atoms with Gasteiger partial charge in [-0.25, -0.2) is 4.79 Å². The minimum atomic E-state index is -0.457. The van der Waals surface area contributed by atoms with E-state index in [1.54, 1.807) is 20.0 Å². The summed E-state index contributed by atoms with van der Waals surface area (Å²) in [6.45, 7) is 7.22. The van der Waals surface area contributed by atoms with Gasteiger partial charge in [-0.1, -0.05) is 0 Å². The molecule has 0 aliphatic carbocycles. The number of aromatic nitrogens is 3. The monoisotopic (exact) mass is 362 g/mol. The standard InChI is InChI=1S/C18H26N4O4/c1-12-10-20-22(11-12)7-5-6-19-17(23)16-13(2)15(14(3)21-16)18(24)26-9-8-25-4/h10-11,21H,5-9H2,1-4H3,(H,19,23). The first-order valence-electron chi connectivity index (χ1n) is 8.56. The molecule has 1 amide bonds. The zero-order chi connectivity index (χ0) is 19.1. The van der Waals surface area contributed by atoms with Crippen molar-refractivity contribution in [3.05, 3.63) is 40.5 Å². The second kappa shape index (κ2) is 9.19. The number of nitrogens with zero attached hydrogens (tertiary/aromatic N) is 2. The normalized spacial score (nSPS) is 10.8. The Kier molecular flexibility index (Phi) is 6.97. The van der Waals surface area contributed by atoms with Gasteiger partial charge in [-0.05, 0) is 38.3 Å². The van der Waals surface area contributed by atoms with E-state index in [4.69, 9.17) is 9.47 Å². The molecular weight excluding hydrogens is 336 g/mol. The molecule has 2 N–H and O–H groups in total. The molecule has 26 heavy (non-hydrogen) atoms. The fourth-order valence-corrected chi connectivity index (χ4v) is 2.69. The van der Waals surface area contributed by atoms with Crippen LogP contribution in [0.15, 0.2) is 12.4 Å². The first-order valence-corrected chi connectivity index (χ1v) is 8.56. The summed E-state index contributed by atoms with van der Waals surface area (Å²) in [5.74, 6) is -0.695. The highest BCUT2D eigenvalue weighted by molar-refractivity contribution is 6.00. The fraction of sp³-hybridized carbons (Fsp3) is 0.500. The van der Waals surface area contributed by atoms with Crippen molar-refractivity contribution in [2.45, 2.75) is 33.7 Å². The lowest BCUT2D eigenvalue weighted by Gasteiger charge is -2.06. The molecule has 0 saturated heterocycles. The van der Waals surface area contributed by atoms with Crippen LogP contribution in [0.25, 0.3) is 0 Å². The van der Waals surface area contributed by atoms with E-state index in [0.29, 0.717) is 35.7 Å². The SMILES string of the molecule is COCCOC(=O)c1c(C)[nH]c(C(=O)NCCCn2cc(C)cn2)c1C. The molecular formula is C18H26N4O4. The molecule has 2 rings (SSSR count). The van der Waals surface area contributed by atoms with Crippen molar-refractivity contribution in [1.82, 2.24) is 20.1 Å². The van der Waals surface area contributed by atoms with Gasteiger partial charge in [0.2, 0.25) is 0 Å². The zero-order valence-electron chi connectivity index (χ0n) is 15.7. The Bertz CT molecular complexity index is 763. The quantitative estimate of drug-likeness (QED) is 0.523. The highest BCUT2D eigenvalue weighted by Gasteiger charge is 2.22. The second-order valence-corrected chi connectivity index (χ2v) is 6.14. The van der Waals surface area contributed by atoms with Crippen LogP contribution in [-0.4, -0.2) is 53.5 Å². The molecule has 0 bridgehead atoms. The van der Waals surface area contributed by atoms with Crippen LogP contribution in [0, 0.1) is 20.8 Å². The first-order chi connectivity index (χ1) is 12.4. The summed E-state index contributed by atoms with van der Waals surface area (Å²) in [5, 5.41) is 7.07. The summed E-state index contributed by atoms with van der Waals surface area (Å²) in [6.07, 6.45) is 4.52. The summed E-state index contributed by atoms with van der Waals surface area (Å²) in [7, 11) is 1.54. The molecule has 0 spiro atoms. The number of aromatic amines is 1. The average molecular weight is 362 g/mol. The van der Waals surface area contributed by atoms with Crippen molar-refractivity contribution in [1.29, 1.82) is 0 Å². The zero-order valence-corrected chi connectivity index (χ0v) is 15.7. The topological polar surface area (TPSA) is 98.2 Å². The van der Waals surface area contributed by atoms with E-state index in [1.165, 1.54) is 7.11 Å². The summed E-state index contributed by atoms with van der Waals surface area (Å²) < 4.78 is 11.9. The number of hydrogen-bond acceptors (Lipinski definition) is 5. The minimum absolute atomic E-state index is 0.174. The van der Waals surface area contributed by atoms with Gasteiger partial charge >= 0.3 is 5.97 Å². The molecule has 0 aliphatic heterocycles. The number of methoxy groups -OCH3 is 1. The van der Waals surface area contributed by atoms with E-state index < -0.39 is 5.97 Å². The molecule has 0 unspecified atom stereocenters. The number of nitrogens with one attached hydrogen (secondary N) is 2. The van der Waals surface area contributed by atoms with Crippen LogP contribution in [-0.2, 0) is 16.0 Å². The Balaban J connectivity index is 1.90. The third-order valence-electron chi connectivity index (χ3n) is 4.00. The molecule has 0 radical (unpaired) electrons. The number of H-pyrrole nitrogens is 1. The van der Waals surface area contributed by atoms with E-state index in [1.807, 2.05) is 17.8 Å². The summed E-state index contributed by atoms with van der Waals surface area (Å²) in [6, 6.07) is 0. The molecule has 8 nitrogen and oxygen atoms in total. The molecule has 2 aromatic rings. The van der Waals surface area contributed by atoms with Gasteiger partial charge in [0.25, 0.3) is 5.91 Å². The van der Waals surface area contributed by atoms with E-state index in [2.05, 4.69) is 15.4 Å². The molecule has 8 heteroatoms. The van der Waals surface area contributed by atoms with Gasteiger partial charge in [0, 0.05) is 32.1 Å². The van der Waals surface area contributed by atoms with Crippen LogP contribution in [0.2, 0.25) is 0 Å². The predicted molar refractivity (Wildman–Crippen MR) is 96.3 cm³/mol. The number of aryl methyl sites for hydroxylation is 3. The van der Waals surface area contributed by atoms with E-state index >= 15 is 0 Å². The maximum Gasteiger partial charge on any atom is 0.340 e. The Morgan fingerprint density at radius 3 is 2.69 bits per heavy atom. The van der Waals surface area contributed by atoms with Gasteiger partial charge < -0.3 is 19.8 Å². The molecule has 0 aromatic carbocycles. The Morgan fingerprint density at radius 2 is 2.04 bits per heavy atom. The lowest BCUT2D eigenvalue weighted by atomic mass is 10.1. The van der Waals surface area contributed by atoms with Gasteiger partial charge in [0.1, 0.15) is 12.3 Å². The highest BCUT2D eigenvalue weighted by Crippen LogP contribution is 2.19. The van der Waals surface area contributed by atoms with Crippen LogP contribution in [0.3, 0.4) is 0 Å². The van der Waals surface area contributed by atoms with Crippen molar-refractivity contribution in [2.75, 3.05) is 26.9 Å². The highest BCUT2D eigenvalue weighted by atomic mass is 16.6. The predicted octanol–water partition coefficient (Wildman–Crippen LogP) is 1.76. The lowest BCUT2D eigenvalue weighted by molar-refractivity contribution is 0.0387. The fourth-order valence-electron chi connectivity index (χ4n) is 2.69. The largest absolute Gasteiger partial charge is 0.460 e. The van der Waals surface area contributed by atoms with Gasteiger partial charge in [-0.3, -0.25) is 9.48 Å². The maximum atomic E-state index is 12.4. The van der Waals surface area contributed by atoms with Crippen molar-refractivity contribution in [3.63, 3.8) is 0 Å². The molecule has 0 atom stereocenters. The van der Waals surface area contributed by atoms with Crippen LogP contribution in [0.5, 0.6) is 0 Å². The molecule has 0 aliphatic rings. The van der Waals surface area contributed by atoms with Crippen LogP contribution in [0.4, 0.5) is 0 Å². The number of rotatable bonds is 9. The number of ether oxygens (including phenoxy) is 2. The number of amides is 1. The molecule has 2 heterocycles. The third kappa shape index (κ3) is 4.95. The number of carbonyl (C=O) groups is 2. The Hall–Kier alpha value is -2.61. The van der Waals surface area contributed by atoms with Crippen LogP contribution >= 0.6 is 0 Å². The van der Waals surface area contributed by atoms with Crippen molar-refractivity contribution < 1.29 is 19.1 Å². The van der Waals surface area contributed by atoms with Crippen LogP contribution < -0.4 is 5.32 Å². The first kappa shape index (κ1) is 19.7. The van der Waals surface area contributed by atoms with Gasteiger partial charge in [-0.15, -0.1) is 0 Å². The maximum absolute atomic E-state index is 12.4. The number of carbonyl (C=O) groups excluding carboxylic acids is 2. The minimum Gasteiger partial charge on any atom is -0.460 e. The smallest absolute Gasteiger partial charge is 0.340 e. The van der Waals surface area contributed by atoms with Gasteiger partial charge in [-0.2, -0.15) is 5.10 Å². The van der Waals surface area contributed by atoms with E-state index in [0.717, 1.165) is 18.5 Å². The summed E-state index contributed by atoms with van der Waals surface area (Å²) >= 11 is 0. The Labute approximate surface area is 152 Å². The average Bonchev–Trinajstić information content (AvgIpc) is 3.14. The van der Waals surface area contributed by atoms with E-state index in [-0.39, 0.29) is 12.5 Å². The molecule has 0 fully saturated rings. The van der Waals surface area contributed by atoms with Gasteiger partial charge in [0.15, 0.2) is 0 Å². The second-order valence-electron chi connectivity index (χ2n) is 6.14. The van der Waals surface area contributed by atoms with Crippen molar-refractivity contribution in [2.24, 2.45) is 0 Å². The third-order valence-corrected chi connectivity index (χ3v) is 4.00. The van der Waals surface area contributed by atoms with Crippen molar-refractivity contribution >= 4 is 11.9 Å². The van der Waals surface area contributed by atoms with E-state index in [9.17, 15) is 9.59 Å².